The standard InChI is InChI=1S/C13H21N3O3/c1-6-11-10(7-15(4)14-11)13(18)16(9(2)3)8-12(17)19-5/h7,9H,6,8H2,1-5H3. The number of aryl methyl sites for hydroxylation is 2. The number of aromatic nitrogens is 2. The predicted molar refractivity (Wildman–Crippen MR) is 70.8 cm³/mol. The van der Waals surface area contributed by atoms with Gasteiger partial charge in [-0.3, -0.25) is 14.3 Å². The number of hydrogen-bond donors (Lipinski definition) is 0. The first-order chi connectivity index (χ1) is 8.90. The Bertz CT molecular complexity index is 466. The van der Waals surface area contributed by atoms with E-state index in [0.29, 0.717) is 12.0 Å². The first kappa shape index (κ1) is 15.2. The fraction of sp³-hybridized carbons (Fsp3) is 0.615. The number of amides is 1. The lowest BCUT2D eigenvalue weighted by molar-refractivity contribution is -0.141. The van der Waals surface area contributed by atoms with Crippen molar-refractivity contribution < 1.29 is 14.3 Å². The van der Waals surface area contributed by atoms with Crippen LogP contribution in [0.1, 0.15) is 36.8 Å². The molecule has 6 heteroatoms. The Morgan fingerprint density at radius 3 is 2.58 bits per heavy atom. The fourth-order valence-electron chi connectivity index (χ4n) is 1.82. The molecule has 0 spiro atoms. The van der Waals surface area contributed by atoms with Crippen LogP contribution in [-0.2, 0) is 23.0 Å². The Morgan fingerprint density at radius 2 is 2.11 bits per heavy atom. The van der Waals surface area contributed by atoms with Crippen molar-refractivity contribution in [2.75, 3.05) is 13.7 Å². The molecule has 1 heterocycles. The number of nitrogens with zero attached hydrogens (tertiary/aromatic N) is 3. The molecule has 0 bridgehead atoms. The second-order valence-corrected chi connectivity index (χ2v) is 4.62. The first-order valence-corrected chi connectivity index (χ1v) is 6.31. The summed E-state index contributed by atoms with van der Waals surface area (Å²) in [5, 5.41) is 4.24. The molecule has 0 unspecified atom stereocenters. The molecule has 0 atom stereocenters. The van der Waals surface area contributed by atoms with E-state index in [-0.39, 0.29) is 18.5 Å². The van der Waals surface area contributed by atoms with Gasteiger partial charge in [0.2, 0.25) is 0 Å². The van der Waals surface area contributed by atoms with Crippen molar-refractivity contribution in [3.05, 3.63) is 17.5 Å². The molecular weight excluding hydrogens is 246 g/mol. The smallest absolute Gasteiger partial charge is 0.325 e. The molecule has 0 saturated carbocycles. The Hall–Kier alpha value is -1.85. The highest BCUT2D eigenvalue weighted by Crippen LogP contribution is 2.13. The van der Waals surface area contributed by atoms with Crippen molar-refractivity contribution in [2.45, 2.75) is 33.2 Å². The first-order valence-electron chi connectivity index (χ1n) is 6.31. The van der Waals surface area contributed by atoms with Gasteiger partial charge < -0.3 is 9.64 Å². The molecule has 0 aliphatic carbocycles. The molecule has 0 N–H and O–H groups in total. The molecule has 1 rings (SSSR count). The molecule has 1 amide bonds. The Balaban J connectivity index is 3.02. The summed E-state index contributed by atoms with van der Waals surface area (Å²) in [6.45, 7) is 5.62. The minimum atomic E-state index is -0.427. The van der Waals surface area contributed by atoms with Crippen LogP contribution in [-0.4, -0.2) is 46.3 Å². The van der Waals surface area contributed by atoms with Crippen molar-refractivity contribution in [1.29, 1.82) is 0 Å². The van der Waals surface area contributed by atoms with E-state index in [9.17, 15) is 9.59 Å². The molecule has 0 saturated heterocycles. The molecule has 1 aromatic heterocycles. The number of ether oxygens (including phenoxy) is 1. The average Bonchev–Trinajstić information content (AvgIpc) is 2.75. The molecule has 0 aliphatic heterocycles. The molecule has 19 heavy (non-hydrogen) atoms. The topological polar surface area (TPSA) is 64.4 Å². The van der Waals surface area contributed by atoms with Gasteiger partial charge in [0, 0.05) is 19.3 Å². The number of esters is 1. The van der Waals surface area contributed by atoms with E-state index in [1.54, 1.807) is 17.9 Å². The van der Waals surface area contributed by atoms with Gasteiger partial charge in [-0.2, -0.15) is 5.10 Å². The number of methoxy groups -OCH3 is 1. The fourth-order valence-corrected chi connectivity index (χ4v) is 1.82. The van der Waals surface area contributed by atoms with Gasteiger partial charge in [-0.05, 0) is 20.3 Å². The minimum Gasteiger partial charge on any atom is -0.468 e. The van der Waals surface area contributed by atoms with Gasteiger partial charge in [-0.1, -0.05) is 6.92 Å². The molecule has 6 nitrogen and oxygen atoms in total. The summed E-state index contributed by atoms with van der Waals surface area (Å²) in [5.41, 5.74) is 1.28. The van der Waals surface area contributed by atoms with Gasteiger partial charge in [-0.25, -0.2) is 0 Å². The lowest BCUT2D eigenvalue weighted by atomic mass is 10.1. The van der Waals surface area contributed by atoms with Gasteiger partial charge in [-0.15, -0.1) is 0 Å². The molecule has 0 fully saturated rings. The third kappa shape index (κ3) is 3.56. The molecule has 106 valence electrons. The van der Waals surface area contributed by atoms with Gasteiger partial charge >= 0.3 is 5.97 Å². The lowest BCUT2D eigenvalue weighted by Crippen LogP contribution is -2.41. The van der Waals surface area contributed by atoms with Gasteiger partial charge in [0.25, 0.3) is 5.91 Å². The van der Waals surface area contributed by atoms with Crippen LogP contribution in [0.15, 0.2) is 6.20 Å². The number of hydrogen-bond acceptors (Lipinski definition) is 4. The predicted octanol–water partition coefficient (Wildman–Crippen LogP) is 1.01. The molecular formula is C13H21N3O3. The minimum absolute atomic E-state index is 0.0505. The summed E-state index contributed by atoms with van der Waals surface area (Å²) < 4.78 is 6.24. The summed E-state index contributed by atoms with van der Waals surface area (Å²) in [5.74, 6) is -0.616. The summed E-state index contributed by atoms with van der Waals surface area (Å²) in [7, 11) is 3.09. The van der Waals surface area contributed by atoms with E-state index in [2.05, 4.69) is 9.84 Å². The van der Waals surface area contributed by atoms with Gasteiger partial charge in [0.1, 0.15) is 6.54 Å². The average molecular weight is 267 g/mol. The maximum Gasteiger partial charge on any atom is 0.325 e. The Morgan fingerprint density at radius 1 is 1.47 bits per heavy atom. The van der Waals surface area contributed by atoms with E-state index in [0.717, 1.165) is 5.69 Å². The summed E-state index contributed by atoms with van der Waals surface area (Å²) in [6, 6.07) is -0.0866. The summed E-state index contributed by atoms with van der Waals surface area (Å²) >= 11 is 0. The van der Waals surface area contributed by atoms with E-state index in [1.807, 2.05) is 20.8 Å². The van der Waals surface area contributed by atoms with Crippen LogP contribution >= 0.6 is 0 Å². The highest BCUT2D eigenvalue weighted by molar-refractivity contribution is 5.97. The normalized spacial score (nSPS) is 10.6. The van der Waals surface area contributed by atoms with Crippen LogP contribution in [0.3, 0.4) is 0 Å². The highest BCUT2D eigenvalue weighted by Gasteiger charge is 2.25. The van der Waals surface area contributed by atoms with Gasteiger partial charge in [0.05, 0.1) is 18.4 Å². The van der Waals surface area contributed by atoms with E-state index in [1.165, 1.54) is 12.0 Å². The van der Waals surface area contributed by atoms with Crippen LogP contribution in [0.25, 0.3) is 0 Å². The Labute approximate surface area is 113 Å². The number of carbonyl (C=O) groups excluding carboxylic acids is 2. The lowest BCUT2D eigenvalue weighted by Gasteiger charge is -2.25. The van der Waals surface area contributed by atoms with E-state index >= 15 is 0 Å². The SMILES string of the molecule is CCc1nn(C)cc1C(=O)N(CC(=O)OC)C(C)C. The third-order valence-electron chi connectivity index (χ3n) is 2.88. The molecule has 0 aromatic carbocycles. The summed E-state index contributed by atoms with van der Waals surface area (Å²) in [4.78, 5) is 25.4. The van der Waals surface area contributed by atoms with Crippen molar-refractivity contribution in [3.63, 3.8) is 0 Å². The second kappa shape index (κ2) is 6.36. The van der Waals surface area contributed by atoms with Crippen LogP contribution in [0, 0.1) is 0 Å². The second-order valence-electron chi connectivity index (χ2n) is 4.62. The third-order valence-corrected chi connectivity index (χ3v) is 2.88. The van der Waals surface area contributed by atoms with E-state index in [4.69, 9.17) is 0 Å². The van der Waals surface area contributed by atoms with Crippen molar-refractivity contribution in [1.82, 2.24) is 14.7 Å². The highest BCUT2D eigenvalue weighted by atomic mass is 16.5. The zero-order valence-corrected chi connectivity index (χ0v) is 12.1. The number of carbonyl (C=O) groups is 2. The maximum absolute atomic E-state index is 12.5. The number of rotatable bonds is 5. The zero-order chi connectivity index (χ0) is 14.6. The quantitative estimate of drug-likeness (QED) is 0.747. The van der Waals surface area contributed by atoms with Crippen molar-refractivity contribution >= 4 is 11.9 Å². The molecule has 0 aliphatic rings. The van der Waals surface area contributed by atoms with Crippen LogP contribution < -0.4 is 0 Å². The Kier molecular flexibility index (Phi) is 5.09. The molecule has 0 radical (unpaired) electrons. The van der Waals surface area contributed by atoms with Crippen molar-refractivity contribution in [3.8, 4) is 0 Å². The van der Waals surface area contributed by atoms with Crippen molar-refractivity contribution in [2.24, 2.45) is 7.05 Å². The molecule has 1 aromatic rings. The van der Waals surface area contributed by atoms with Crippen LogP contribution in [0.4, 0.5) is 0 Å². The largest absolute Gasteiger partial charge is 0.468 e. The van der Waals surface area contributed by atoms with Crippen LogP contribution in [0.2, 0.25) is 0 Å². The monoisotopic (exact) mass is 267 g/mol. The zero-order valence-electron chi connectivity index (χ0n) is 12.1. The summed E-state index contributed by atoms with van der Waals surface area (Å²) in [6.07, 6.45) is 2.36. The van der Waals surface area contributed by atoms with Crippen LogP contribution in [0.5, 0.6) is 0 Å². The van der Waals surface area contributed by atoms with E-state index < -0.39 is 5.97 Å². The van der Waals surface area contributed by atoms with Gasteiger partial charge in [0.15, 0.2) is 0 Å². The maximum atomic E-state index is 12.5.